The minimum atomic E-state index is -0.117. The molecule has 146 valence electrons. The lowest BCUT2D eigenvalue weighted by atomic mass is 9.86. The van der Waals surface area contributed by atoms with Crippen LogP contribution in [-0.4, -0.2) is 42.6 Å². The first-order chi connectivity index (χ1) is 14.0. The summed E-state index contributed by atoms with van der Waals surface area (Å²) in [5.41, 5.74) is 3.46. The van der Waals surface area contributed by atoms with Crippen LogP contribution in [0.2, 0.25) is 0 Å². The maximum Gasteiger partial charge on any atom is 0.226 e. The molecule has 3 aromatic heterocycles. The number of hydrogen-bond donors (Lipinski definition) is 1. The van der Waals surface area contributed by atoms with Gasteiger partial charge in [0.15, 0.2) is 11.5 Å². The number of aryl methyl sites for hydroxylation is 1. The molecule has 5 rings (SSSR count). The molecular weight excluding hydrogens is 438 g/mol. The number of halogens is 1. The number of benzene rings is 1. The fourth-order valence-electron chi connectivity index (χ4n) is 3.73. The van der Waals surface area contributed by atoms with E-state index in [1.54, 1.807) is 28.4 Å². The molecule has 0 unspecified atom stereocenters. The lowest BCUT2D eigenvalue weighted by Crippen LogP contribution is -2.25. The minimum absolute atomic E-state index is 0.0685. The summed E-state index contributed by atoms with van der Waals surface area (Å²) in [7, 11) is 1.62. The first-order valence-corrected chi connectivity index (χ1v) is 9.74. The van der Waals surface area contributed by atoms with Crippen LogP contribution in [0.5, 0.6) is 5.75 Å². The number of aromatic nitrogens is 6. The molecule has 4 heterocycles. The quantitative estimate of drug-likeness (QED) is 0.511. The highest BCUT2D eigenvalue weighted by Crippen LogP contribution is 2.41. The topological polar surface area (TPSA) is 99.2 Å². The number of nitrogens with zero attached hydrogens (tertiary/aromatic N) is 6. The van der Waals surface area contributed by atoms with Crippen LogP contribution in [0, 0.1) is 6.92 Å². The first kappa shape index (κ1) is 17.8. The molecule has 0 bridgehead atoms. The molecule has 4 aromatic rings. The van der Waals surface area contributed by atoms with Gasteiger partial charge in [0.25, 0.3) is 0 Å². The van der Waals surface area contributed by atoms with Crippen LogP contribution < -0.4 is 10.1 Å². The Labute approximate surface area is 173 Å². The standard InChI is InChI=1S/C19H16BrN7O2/c1-10-18-12(11-3-4-14(29-2)13(20)7-11)8-17(28)22-19(18)27(24-10)16-6-5-15-23-21-9-26(15)25-16/h3-7,9,12H,8H2,1-2H3,(H,22,28)/t12-/m0/s1. The molecule has 1 aromatic carbocycles. The Bertz CT molecular complexity index is 1260. The van der Waals surface area contributed by atoms with Gasteiger partial charge in [0.2, 0.25) is 5.91 Å². The molecule has 1 N–H and O–H groups in total. The number of ether oxygens (including phenoxy) is 1. The Kier molecular flexibility index (Phi) is 4.09. The number of rotatable bonds is 3. The average molecular weight is 454 g/mol. The van der Waals surface area contributed by atoms with E-state index in [4.69, 9.17) is 4.74 Å². The van der Waals surface area contributed by atoms with Crippen LogP contribution in [0.4, 0.5) is 5.82 Å². The van der Waals surface area contributed by atoms with Crippen molar-refractivity contribution in [2.45, 2.75) is 19.3 Å². The third-order valence-corrected chi connectivity index (χ3v) is 5.67. The van der Waals surface area contributed by atoms with Gasteiger partial charge >= 0.3 is 0 Å². The molecule has 0 fully saturated rings. The van der Waals surface area contributed by atoms with Crippen molar-refractivity contribution in [3.05, 3.63) is 58.0 Å². The highest BCUT2D eigenvalue weighted by atomic mass is 79.9. The molecule has 1 atom stereocenters. The molecule has 0 spiro atoms. The van der Waals surface area contributed by atoms with Crippen molar-refractivity contribution in [2.24, 2.45) is 0 Å². The minimum Gasteiger partial charge on any atom is -0.496 e. The van der Waals surface area contributed by atoms with E-state index in [2.05, 4.69) is 41.6 Å². The number of methoxy groups -OCH3 is 1. The monoisotopic (exact) mass is 453 g/mol. The summed E-state index contributed by atoms with van der Waals surface area (Å²) in [5, 5.41) is 20.0. The second-order valence-electron chi connectivity index (χ2n) is 6.78. The summed E-state index contributed by atoms with van der Waals surface area (Å²) >= 11 is 3.54. The Morgan fingerprint density at radius 1 is 1.24 bits per heavy atom. The number of nitrogens with one attached hydrogen (secondary N) is 1. The number of fused-ring (bicyclic) bond motifs is 2. The van der Waals surface area contributed by atoms with Crippen molar-refractivity contribution >= 4 is 33.3 Å². The lowest BCUT2D eigenvalue weighted by molar-refractivity contribution is -0.116. The van der Waals surface area contributed by atoms with Crippen molar-refractivity contribution in [1.82, 2.24) is 29.6 Å². The summed E-state index contributed by atoms with van der Waals surface area (Å²) in [5.74, 6) is 1.76. The molecule has 0 saturated carbocycles. The smallest absolute Gasteiger partial charge is 0.226 e. The van der Waals surface area contributed by atoms with Crippen LogP contribution in [-0.2, 0) is 4.79 Å². The second-order valence-corrected chi connectivity index (χ2v) is 7.64. The van der Waals surface area contributed by atoms with E-state index in [9.17, 15) is 4.79 Å². The van der Waals surface area contributed by atoms with Gasteiger partial charge in [-0.1, -0.05) is 6.07 Å². The van der Waals surface area contributed by atoms with E-state index in [0.717, 1.165) is 27.0 Å². The van der Waals surface area contributed by atoms with E-state index in [1.165, 1.54) is 6.33 Å². The van der Waals surface area contributed by atoms with Crippen LogP contribution in [0.3, 0.4) is 0 Å². The van der Waals surface area contributed by atoms with E-state index >= 15 is 0 Å². The van der Waals surface area contributed by atoms with Gasteiger partial charge in [0.05, 0.1) is 17.3 Å². The van der Waals surface area contributed by atoms with Crippen molar-refractivity contribution < 1.29 is 9.53 Å². The van der Waals surface area contributed by atoms with Gasteiger partial charge in [0, 0.05) is 17.9 Å². The molecule has 1 aliphatic heterocycles. The summed E-state index contributed by atoms with van der Waals surface area (Å²) < 4.78 is 9.40. The third-order valence-electron chi connectivity index (χ3n) is 5.05. The predicted octanol–water partition coefficient (Wildman–Crippen LogP) is 2.86. The Hall–Kier alpha value is -3.27. The van der Waals surface area contributed by atoms with Crippen molar-refractivity contribution in [3.8, 4) is 11.6 Å². The SMILES string of the molecule is COc1ccc([C@@H]2CC(=O)Nc3c2c(C)nn3-c2ccc3nncn3n2)cc1Br. The molecule has 0 radical (unpaired) electrons. The van der Waals surface area contributed by atoms with Crippen molar-refractivity contribution in [1.29, 1.82) is 0 Å². The highest BCUT2D eigenvalue weighted by Gasteiger charge is 2.33. The van der Waals surface area contributed by atoms with Crippen LogP contribution in [0.1, 0.15) is 29.2 Å². The van der Waals surface area contributed by atoms with Crippen LogP contribution in [0.15, 0.2) is 41.1 Å². The van der Waals surface area contributed by atoms with E-state index in [-0.39, 0.29) is 11.8 Å². The maximum absolute atomic E-state index is 12.5. The maximum atomic E-state index is 12.5. The highest BCUT2D eigenvalue weighted by molar-refractivity contribution is 9.10. The Balaban J connectivity index is 1.65. The zero-order valence-corrected chi connectivity index (χ0v) is 17.2. The second kappa shape index (κ2) is 6.66. The Morgan fingerprint density at radius 3 is 2.90 bits per heavy atom. The van der Waals surface area contributed by atoms with E-state index in [1.807, 2.05) is 25.1 Å². The van der Waals surface area contributed by atoms with Crippen LogP contribution in [0.25, 0.3) is 11.5 Å². The first-order valence-electron chi connectivity index (χ1n) is 8.95. The molecule has 10 heteroatoms. The molecule has 0 aliphatic carbocycles. The summed E-state index contributed by atoms with van der Waals surface area (Å²) in [6, 6.07) is 9.48. The van der Waals surface area contributed by atoms with Gasteiger partial charge < -0.3 is 10.1 Å². The summed E-state index contributed by atoms with van der Waals surface area (Å²) in [6.45, 7) is 1.94. The Morgan fingerprint density at radius 2 is 2.10 bits per heavy atom. The van der Waals surface area contributed by atoms with Gasteiger partial charge in [-0.15, -0.1) is 15.3 Å². The number of carbonyl (C=O) groups excluding carboxylic acids is 1. The lowest BCUT2D eigenvalue weighted by Gasteiger charge is -2.24. The molecule has 1 amide bonds. The van der Waals surface area contributed by atoms with Gasteiger partial charge in [-0.25, -0.2) is 0 Å². The van der Waals surface area contributed by atoms with E-state index < -0.39 is 0 Å². The number of carbonyl (C=O) groups is 1. The molecule has 0 saturated heterocycles. The predicted molar refractivity (Wildman–Crippen MR) is 108 cm³/mol. The normalized spacial score (nSPS) is 16.0. The fourth-order valence-corrected chi connectivity index (χ4v) is 4.29. The van der Waals surface area contributed by atoms with E-state index in [0.29, 0.717) is 23.7 Å². The molecular formula is C19H16BrN7O2. The molecule has 29 heavy (non-hydrogen) atoms. The number of amides is 1. The zero-order chi connectivity index (χ0) is 20.1. The number of hydrogen-bond acceptors (Lipinski definition) is 6. The molecule has 9 nitrogen and oxygen atoms in total. The van der Waals surface area contributed by atoms with Crippen molar-refractivity contribution in [2.75, 3.05) is 12.4 Å². The van der Waals surface area contributed by atoms with Gasteiger partial charge in [-0.3, -0.25) is 4.79 Å². The zero-order valence-electron chi connectivity index (χ0n) is 15.6. The third kappa shape index (κ3) is 2.87. The van der Waals surface area contributed by atoms with Crippen molar-refractivity contribution in [3.63, 3.8) is 0 Å². The molecule has 1 aliphatic rings. The number of anilines is 1. The van der Waals surface area contributed by atoms with Gasteiger partial charge in [-0.2, -0.15) is 14.3 Å². The van der Waals surface area contributed by atoms with Gasteiger partial charge in [-0.05, 0) is 52.7 Å². The summed E-state index contributed by atoms with van der Waals surface area (Å²) in [4.78, 5) is 12.5. The largest absolute Gasteiger partial charge is 0.496 e. The van der Waals surface area contributed by atoms with Crippen LogP contribution >= 0.6 is 15.9 Å². The van der Waals surface area contributed by atoms with Gasteiger partial charge in [0.1, 0.15) is 17.9 Å². The summed E-state index contributed by atoms with van der Waals surface area (Å²) in [6.07, 6.45) is 1.87. The fraction of sp³-hybridized carbons (Fsp3) is 0.211. The average Bonchev–Trinajstić information content (AvgIpc) is 3.31.